The second-order valence-electron chi connectivity index (χ2n) is 6.97. The Morgan fingerprint density at radius 1 is 1.24 bits per heavy atom. The number of aliphatic imine (C=N–C) groups is 1. The van der Waals surface area contributed by atoms with Gasteiger partial charge in [0.25, 0.3) is 0 Å². The third-order valence-corrected chi connectivity index (χ3v) is 5.85. The Hall–Kier alpha value is -1.52. The number of methoxy groups -OCH3 is 2. The fraction of sp³-hybridized carbons (Fsp3) is 0.476. The highest BCUT2D eigenvalue weighted by molar-refractivity contribution is 14.0. The number of nitrogens with zero attached hydrogens (tertiary/aromatic N) is 2. The van der Waals surface area contributed by atoms with Crippen LogP contribution in [-0.4, -0.2) is 51.8 Å². The number of hydrogen-bond donors (Lipinski definition) is 2. The van der Waals surface area contributed by atoms with Gasteiger partial charge < -0.3 is 20.1 Å². The number of benzene rings is 1. The number of ether oxygens (including phenoxy) is 2. The molecule has 1 saturated heterocycles. The summed E-state index contributed by atoms with van der Waals surface area (Å²) in [5.41, 5.74) is 0.911. The van der Waals surface area contributed by atoms with E-state index < -0.39 is 0 Å². The van der Waals surface area contributed by atoms with E-state index in [9.17, 15) is 0 Å². The Bertz CT molecular complexity index is 770. The van der Waals surface area contributed by atoms with Gasteiger partial charge in [0.1, 0.15) is 0 Å². The fourth-order valence-corrected chi connectivity index (χ4v) is 4.30. The Morgan fingerprint density at radius 2 is 2.07 bits per heavy atom. The van der Waals surface area contributed by atoms with E-state index in [1.54, 1.807) is 21.3 Å². The molecule has 6 nitrogen and oxygen atoms in total. The number of thiophene rings is 1. The Kier molecular flexibility index (Phi) is 10.0. The molecule has 3 rings (SSSR count). The van der Waals surface area contributed by atoms with Gasteiger partial charge in [0.05, 0.1) is 14.2 Å². The summed E-state index contributed by atoms with van der Waals surface area (Å²) in [7, 11) is 5.07. The van der Waals surface area contributed by atoms with E-state index >= 15 is 0 Å². The normalized spacial score (nSPS) is 17.3. The first kappa shape index (κ1) is 23.8. The van der Waals surface area contributed by atoms with E-state index in [0.717, 1.165) is 31.3 Å². The predicted octanol–water partition coefficient (Wildman–Crippen LogP) is 4.28. The second kappa shape index (κ2) is 12.2. The summed E-state index contributed by atoms with van der Waals surface area (Å²) in [6, 6.07) is 10.1. The standard InChI is InChI=1S/C21H30N4O2S.HI/c1-22-21(24-17-8-9-19(26-2)20(12-17)27-3)23-13-16-6-4-10-25(14-16)15-18-7-5-11-28-18;/h5,7-9,11-12,16H,4,6,10,13-15H2,1-3H3,(H2,22,23,24);1H. The smallest absolute Gasteiger partial charge is 0.195 e. The second-order valence-corrected chi connectivity index (χ2v) is 8.00. The number of rotatable bonds is 7. The molecule has 1 aliphatic rings. The fourth-order valence-electron chi connectivity index (χ4n) is 3.56. The van der Waals surface area contributed by atoms with Crippen LogP contribution in [0.3, 0.4) is 0 Å². The van der Waals surface area contributed by atoms with Crippen LogP contribution in [0.4, 0.5) is 5.69 Å². The summed E-state index contributed by atoms with van der Waals surface area (Å²) in [6.45, 7) is 4.28. The third-order valence-electron chi connectivity index (χ3n) is 4.99. The minimum absolute atomic E-state index is 0. The van der Waals surface area contributed by atoms with Crippen LogP contribution in [0.15, 0.2) is 40.7 Å². The van der Waals surface area contributed by atoms with Crippen LogP contribution in [-0.2, 0) is 6.54 Å². The summed E-state index contributed by atoms with van der Waals surface area (Å²) in [5, 5.41) is 8.96. The Labute approximate surface area is 194 Å². The highest BCUT2D eigenvalue weighted by atomic mass is 127. The van der Waals surface area contributed by atoms with Crippen molar-refractivity contribution in [2.75, 3.05) is 46.2 Å². The van der Waals surface area contributed by atoms with Crippen molar-refractivity contribution >= 4 is 47.0 Å². The van der Waals surface area contributed by atoms with E-state index in [-0.39, 0.29) is 24.0 Å². The molecule has 160 valence electrons. The number of piperidine rings is 1. The molecule has 0 radical (unpaired) electrons. The van der Waals surface area contributed by atoms with Crippen molar-refractivity contribution in [3.63, 3.8) is 0 Å². The van der Waals surface area contributed by atoms with E-state index in [1.165, 1.54) is 24.3 Å². The highest BCUT2D eigenvalue weighted by Crippen LogP contribution is 2.29. The molecule has 0 amide bonds. The zero-order valence-electron chi connectivity index (χ0n) is 17.3. The molecule has 1 fully saturated rings. The van der Waals surface area contributed by atoms with Gasteiger partial charge in [0.2, 0.25) is 0 Å². The first-order valence-electron chi connectivity index (χ1n) is 9.66. The van der Waals surface area contributed by atoms with Crippen molar-refractivity contribution in [3.05, 3.63) is 40.6 Å². The first-order chi connectivity index (χ1) is 13.7. The lowest BCUT2D eigenvalue weighted by Gasteiger charge is -2.32. The van der Waals surface area contributed by atoms with Gasteiger partial charge in [-0.15, -0.1) is 35.3 Å². The minimum Gasteiger partial charge on any atom is -0.493 e. The van der Waals surface area contributed by atoms with Crippen molar-refractivity contribution in [1.82, 2.24) is 10.2 Å². The Morgan fingerprint density at radius 3 is 2.76 bits per heavy atom. The van der Waals surface area contributed by atoms with Crippen LogP contribution in [0.2, 0.25) is 0 Å². The predicted molar refractivity (Wildman–Crippen MR) is 132 cm³/mol. The third kappa shape index (κ3) is 7.04. The summed E-state index contributed by atoms with van der Waals surface area (Å²) < 4.78 is 10.7. The maximum atomic E-state index is 5.37. The quantitative estimate of drug-likeness (QED) is 0.318. The molecule has 0 spiro atoms. The van der Waals surface area contributed by atoms with Crippen LogP contribution < -0.4 is 20.1 Å². The molecule has 1 aliphatic heterocycles. The number of guanidine groups is 1. The molecule has 1 aromatic carbocycles. The summed E-state index contributed by atoms with van der Waals surface area (Å²) >= 11 is 1.84. The van der Waals surface area contributed by atoms with E-state index in [4.69, 9.17) is 9.47 Å². The van der Waals surface area contributed by atoms with E-state index in [2.05, 4.69) is 38.0 Å². The molecular formula is C21H31IN4O2S. The van der Waals surface area contributed by atoms with Gasteiger partial charge in [-0.3, -0.25) is 9.89 Å². The molecule has 0 bridgehead atoms. The van der Waals surface area contributed by atoms with Gasteiger partial charge >= 0.3 is 0 Å². The van der Waals surface area contributed by atoms with E-state index in [0.29, 0.717) is 17.4 Å². The van der Waals surface area contributed by atoms with Crippen LogP contribution in [0.1, 0.15) is 17.7 Å². The first-order valence-corrected chi connectivity index (χ1v) is 10.5. The monoisotopic (exact) mass is 530 g/mol. The average molecular weight is 530 g/mol. The van der Waals surface area contributed by atoms with E-state index in [1.807, 2.05) is 29.5 Å². The summed E-state index contributed by atoms with van der Waals surface area (Å²) in [6.07, 6.45) is 2.50. The summed E-state index contributed by atoms with van der Waals surface area (Å²) in [4.78, 5) is 8.36. The van der Waals surface area contributed by atoms with Crippen LogP contribution in [0.25, 0.3) is 0 Å². The molecule has 1 atom stereocenters. The molecule has 2 N–H and O–H groups in total. The Balaban J connectivity index is 0.00000300. The van der Waals surface area contributed by atoms with Gasteiger partial charge in [0, 0.05) is 43.3 Å². The number of likely N-dealkylation sites (tertiary alicyclic amines) is 1. The lowest BCUT2D eigenvalue weighted by molar-refractivity contribution is 0.170. The molecule has 2 heterocycles. The van der Waals surface area contributed by atoms with Crippen LogP contribution in [0, 0.1) is 5.92 Å². The lowest BCUT2D eigenvalue weighted by atomic mass is 9.98. The van der Waals surface area contributed by atoms with Crippen molar-refractivity contribution in [1.29, 1.82) is 0 Å². The topological polar surface area (TPSA) is 58.1 Å². The van der Waals surface area contributed by atoms with Gasteiger partial charge in [-0.1, -0.05) is 6.07 Å². The molecule has 0 saturated carbocycles. The highest BCUT2D eigenvalue weighted by Gasteiger charge is 2.20. The maximum Gasteiger partial charge on any atom is 0.195 e. The van der Waals surface area contributed by atoms with Crippen molar-refractivity contribution < 1.29 is 9.47 Å². The van der Waals surface area contributed by atoms with Crippen molar-refractivity contribution in [2.45, 2.75) is 19.4 Å². The minimum atomic E-state index is 0. The van der Waals surface area contributed by atoms with Gasteiger partial charge in [-0.2, -0.15) is 0 Å². The molecule has 0 aliphatic carbocycles. The average Bonchev–Trinajstić information content (AvgIpc) is 3.24. The van der Waals surface area contributed by atoms with Crippen molar-refractivity contribution in [3.8, 4) is 11.5 Å². The number of hydrogen-bond acceptors (Lipinski definition) is 5. The summed E-state index contributed by atoms with van der Waals surface area (Å²) in [5.74, 6) is 2.80. The maximum absolute atomic E-state index is 5.37. The SMILES string of the molecule is CN=C(NCC1CCCN(Cc2cccs2)C1)Nc1ccc(OC)c(OC)c1.I. The molecule has 8 heteroatoms. The van der Waals surface area contributed by atoms with Gasteiger partial charge in [-0.05, 0) is 48.9 Å². The molecule has 29 heavy (non-hydrogen) atoms. The molecule has 2 aromatic rings. The zero-order valence-corrected chi connectivity index (χ0v) is 20.5. The number of anilines is 1. The number of nitrogens with one attached hydrogen (secondary N) is 2. The largest absolute Gasteiger partial charge is 0.493 e. The van der Waals surface area contributed by atoms with Crippen molar-refractivity contribution in [2.24, 2.45) is 10.9 Å². The molecule has 1 aromatic heterocycles. The molecule has 1 unspecified atom stereocenters. The number of halogens is 1. The van der Waals surface area contributed by atoms with Gasteiger partial charge in [0.15, 0.2) is 17.5 Å². The van der Waals surface area contributed by atoms with Crippen LogP contribution in [0.5, 0.6) is 11.5 Å². The van der Waals surface area contributed by atoms with Gasteiger partial charge in [-0.25, -0.2) is 0 Å². The van der Waals surface area contributed by atoms with Crippen LogP contribution >= 0.6 is 35.3 Å². The molecular weight excluding hydrogens is 499 g/mol. The zero-order chi connectivity index (χ0) is 19.8. The lowest BCUT2D eigenvalue weighted by Crippen LogP contribution is -2.42.